The summed E-state index contributed by atoms with van der Waals surface area (Å²) in [7, 11) is -7.19. The van der Waals surface area contributed by atoms with Crippen LogP contribution in [0.5, 0.6) is 0 Å². The molecule has 32 heavy (non-hydrogen) atoms. The van der Waals surface area contributed by atoms with Crippen LogP contribution in [0.2, 0.25) is 0 Å². The zero-order chi connectivity index (χ0) is 23.7. The van der Waals surface area contributed by atoms with Crippen LogP contribution < -0.4 is 9.44 Å². The highest BCUT2D eigenvalue weighted by molar-refractivity contribution is 7.92. The Morgan fingerprint density at radius 3 is 2.31 bits per heavy atom. The van der Waals surface area contributed by atoms with Crippen molar-refractivity contribution in [2.75, 3.05) is 11.0 Å². The molecule has 0 saturated carbocycles. The van der Waals surface area contributed by atoms with Gasteiger partial charge in [0.05, 0.1) is 11.2 Å². The molecule has 3 rings (SSSR count). The molecule has 1 aliphatic heterocycles. The zero-order valence-corrected chi connectivity index (χ0v) is 19.0. The van der Waals surface area contributed by atoms with E-state index < -0.39 is 43.9 Å². The van der Waals surface area contributed by atoms with Crippen molar-refractivity contribution >= 4 is 43.3 Å². The number of ether oxygens (including phenoxy) is 1. The summed E-state index contributed by atoms with van der Waals surface area (Å²) in [4.78, 5) is 29.2. The normalized spacial score (nSPS) is 17.7. The molecule has 2 unspecified atom stereocenters. The fourth-order valence-corrected chi connectivity index (χ4v) is 4.76. The highest BCUT2D eigenvalue weighted by Crippen LogP contribution is 2.23. The molecular formula is C20H21N3O7S2. The maximum Gasteiger partial charge on any atom is 0.331 e. The third-order valence-corrected chi connectivity index (χ3v) is 6.47. The number of aliphatic imine (C=N–C) groups is 1. The van der Waals surface area contributed by atoms with Crippen molar-refractivity contribution in [3.63, 3.8) is 0 Å². The van der Waals surface area contributed by atoms with Crippen LogP contribution in [0.15, 0.2) is 58.4 Å². The lowest BCUT2D eigenvalue weighted by molar-refractivity contribution is -0.147. The number of nitrogens with zero attached hydrogens (tertiary/aromatic N) is 1. The van der Waals surface area contributed by atoms with Crippen molar-refractivity contribution in [2.45, 2.75) is 30.9 Å². The lowest BCUT2D eigenvalue weighted by Crippen LogP contribution is -2.31. The highest BCUT2D eigenvalue weighted by Gasteiger charge is 2.31. The second-order valence-corrected chi connectivity index (χ2v) is 10.5. The summed E-state index contributed by atoms with van der Waals surface area (Å²) in [6.45, 7) is 2.82. The Morgan fingerprint density at radius 1 is 1.06 bits per heavy atom. The maximum atomic E-state index is 12.5. The molecule has 0 amide bonds. The lowest BCUT2D eigenvalue weighted by atomic mass is 10.1. The van der Waals surface area contributed by atoms with Crippen LogP contribution in [0.1, 0.15) is 29.8 Å². The van der Waals surface area contributed by atoms with E-state index in [-0.39, 0.29) is 22.0 Å². The minimum absolute atomic E-state index is 0.0259. The Hall–Kier alpha value is -3.25. The first-order valence-electron chi connectivity index (χ1n) is 9.40. The van der Waals surface area contributed by atoms with E-state index in [9.17, 15) is 26.4 Å². The monoisotopic (exact) mass is 479 g/mol. The molecule has 10 nitrogen and oxygen atoms in total. The lowest BCUT2D eigenvalue weighted by Gasteiger charge is -2.15. The number of carbonyl (C=O) groups is 2. The molecule has 0 radical (unpaired) electrons. The third kappa shape index (κ3) is 5.32. The number of ketones is 1. The second-order valence-electron chi connectivity index (χ2n) is 7.15. The average Bonchev–Trinajstić information content (AvgIpc) is 2.97. The van der Waals surface area contributed by atoms with E-state index in [0.717, 1.165) is 6.26 Å². The van der Waals surface area contributed by atoms with E-state index in [1.165, 1.54) is 44.2 Å². The van der Waals surface area contributed by atoms with Gasteiger partial charge in [0, 0.05) is 16.8 Å². The number of rotatable bonds is 7. The second kappa shape index (κ2) is 8.71. The topological polar surface area (TPSA) is 148 Å². The van der Waals surface area contributed by atoms with E-state index in [1.54, 1.807) is 18.2 Å². The molecule has 170 valence electrons. The number of anilines is 1. The smallest absolute Gasteiger partial charge is 0.331 e. The molecule has 2 aromatic carbocycles. The number of Topliss-reactive ketones (excluding diaryl/α,β-unsaturated/α-hetero) is 1. The minimum Gasteiger partial charge on any atom is -0.453 e. The summed E-state index contributed by atoms with van der Waals surface area (Å²) in [6, 6.07) is 10.8. The van der Waals surface area contributed by atoms with Crippen molar-refractivity contribution < 1.29 is 31.2 Å². The quantitative estimate of drug-likeness (QED) is 0.449. The van der Waals surface area contributed by atoms with Crippen molar-refractivity contribution in [1.82, 2.24) is 4.72 Å². The van der Waals surface area contributed by atoms with E-state index in [1.807, 2.05) is 0 Å². The summed E-state index contributed by atoms with van der Waals surface area (Å²) in [5.41, 5.74) is 0.859. The summed E-state index contributed by atoms with van der Waals surface area (Å²) < 4.78 is 56.6. The predicted molar refractivity (Wildman–Crippen MR) is 118 cm³/mol. The molecule has 2 N–H and O–H groups in total. The molecule has 0 bridgehead atoms. The number of fused-ring (bicyclic) bond motifs is 1. The van der Waals surface area contributed by atoms with Crippen LogP contribution in [-0.4, -0.2) is 52.8 Å². The molecule has 0 aliphatic carbocycles. The van der Waals surface area contributed by atoms with Gasteiger partial charge in [-0.2, -0.15) is 0 Å². The van der Waals surface area contributed by atoms with Gasteiger partial charge in [-0.3, -0.25) is 19.2 Å². The Kier molecular flexibility index (Phi) is 6.37. The number of esters is 1. The molecule has 12 heteroatoms. The van der Waals surface area contributed by atoms with Gasteiger partial charge in [-0.1, -0.05) is 12.1 Å². The number of nitrogens with one attached hydrogen (secondary N) is 2. The molecule has 0 saturated heterocycles. The van der Waals surface area contributed by atoms with Gasteiger partial charge in [-0.25, -0.2) is 21.6 Å². The largest absolute Gasteiger partial charge is 0.453 e. The summed E-state index contributed by atoms with van der Waals surface area (Å²) >= 11 is 0. The Labute approximate surface area is 185 Å². The van der Waals surface area contributed by atoms with Gasteiger partial charge in [0.1, 0.15) is 11.9 Å². The SMILES string of the molecule is CC(N=C1NS(=O)(=O)c2ccccc21)C(=O)OC(C)C(=O)c1ccc(NS(C)(=O)=O)cc1. The average molecular weight is 480 g/mol. The minimum atomic E-state index is -3.74. The van der Waals surface area contributed by atoms with Gasteiger partial charge in [-0.15, -0.1) is 0 Å². The van der Waals surface area contributed by atoms with Crippen LogP contribution in [-0.2, 0) is 29.6 Å². The van der Waals surface area contributed by atoms with Gasteiger partial charge < -0.3 is 4.74 Å². The summed E-state index contributed by atoms with van der Waals surface area (Å²) in [5.74, 6) is -1.27. The van der Waals surface area contributed by atoms with E-state index in [0.29, 0.717) is 5.56 Å². The fraction of sp³-hybridized carbons (Fsp3) is 0.250. The van der Waals surface area contributed by atoms with Gasteiger partial charge in [0.15, 0.2) is 6.10 Å². The first-order chi connectivity index (χ1) is 14.9. The highest BCUT2D eigenvalue weighted by atomic mass is 32.2. The van der Waals surface area contributed by atoms with Gasteiger partial charge in [-0.05, 0) is 50.2 Å². The molecule has 0 spiro atoms. The van der Waals surface area contributed by atoms with E-state index in [4.69, 9.17) is 4.74 Å². The van der Waals surface area contributed by atoms with Crippen molar-refractivity contribution in [3.8, 4) is 0 Å². The van der Waals surface area contributed by atoms with Crippen molar-refractivity contribution in [2.24, 2.45) is 4.99 Å². The van der Waals surface area contributed by atoms with Crippen molar-refractivity contribution in [3.05, 3.63) is 59.7 Å². The number of carbonyl (C=O) groups excluding carboxylic acids is 2. The van der Waals surface area contributed by atoms with Gasteiger partial charge in [0.25, 0.3) is 10.0 Å². The molecule has 1 aliphatic rings. The predicted octanol–water partition coefficient (Wildman–Crippen LogP) is 1.30. The van der Waals surface area contributed by atoms with Gasteiger partial charge >= 0.3 is 5.97 Å². The number of amidine groups is 1. The molecule has 1 heterocycles. The first-order valence-corrected chi connectivity index (χ1v) is 12.8. The van der Waals surface area contributed by atoms with Crippen LogP contribution in [0.25, 0.3) is 0 Å². The van der Waals surface area contributed by atoms with Crippen LogP contribution in [0, 0.1) is 0 Å². The molecule has 0 fully saturated rings. The van der Waals surface area contributed by atoms with Crippen LogP contribution in [0.4, 0.5) is 5.69 Å². The number of hydrogen-bond donors (Lipinski definition) is 2. The Balaban J connectivity index is 1.68. The van der Waals surface area contributed by atoms with E-state index in [2.05, 4.69) is 14.4 Å². The summed E-state index contributed by atoms with van der Waals surface area (Å²) in [6.07, 6.45) is -0.126. The fourth-order valence-electron chi connectivity index (χ4n) is 2.95. The standard InChI is InChI=1S/C20H21N3O7S2/c1-12(21-19-16-6-4-5-7-17(16)32(28,29)23-19)20(25)30-13(2)18(24)14-8-10-15(11-9-14)22-31(3,26)27/h4-13,22H,1-3H3,(H,21,23). The molecule has 2 atom stereocenters. The number of hydrogen-bond acceptors (Lipinski definition) is 8. The zero-order valence-electron chi connectivity index (χ0n) is 17.4. The van der Waals surface area contributed by atoms with E-state index >= 15 is 0 Å². The van der Waals surface area contributed by atoms with Crippen LogP contribution in [0.3, 0.4) is 0 Å². The first kappa shape index (κ1) is 23.4. The summed E-state index contributed by atoms with van der Waals surface area (Å²) in [5, 5.41) is 0. The van der Waals surface area contributed by atoms with Crippen LogP contribution >= 0.6 is 0 Å². The maximum absolute atomic E-state index is 12.5. The number of benzene rings is 2. The molecule has 2 aromatic rings. The molecule has 0 aromatic heterocycles. The molecular weight excluding hydrogens is 458 g/mol. The Morgan fingerprint density at radius 2 is 1.69 bits per heavy atom. The van der Waals surface area contributed by atoms with Gasteiger partial charge in [0.2, 0.25) is 15.8 Å². The Bertz CT molecular complexity index is 1300. The third-order valence-electron chi connectivity index (χ3n) is 4.46. The number of sulfonamides is 2. The van der Waals surface area contributed by atoms with Crippen molar-refractivity contribution in [1.29, 1.82) is 0 Å².